The Morgan fingerprint density at radius 3 is 2.53 bits per heavy atom. The lowest BCUT2D eigenvalue weighted by Gasteiger charge is -2.32. The summed E-state index contributed by atoms with van der Waals surface area (Å²) in [4.78, 5) is 2.46. The van der Waals surface area contributed by atoms with Gasteiger partial charge in [-0.3, -0.25) is 0 Å². The molecule has 1 aliphatic rings. The number of nitrogens with zero attached hydrogens (tertiary/aromatic N) is 1. The molecule has 114 valence electrons. The van der Waals surface area contributed by atoms with Crippen LogP contribution >= 0.6 is 0 Å². The van der Waals surface area contributed by atoms with Crippen molar-refractivity contribution in [2.24, 2.45) is 0 Å². The van der Waals surface area contributed by atoms with Crippen LogP contribution in [0, 0.1) is 0 Å². The molecule has 3 nitrogen and oxygen atoms in total. The zero-order chi connectivity index (χ0) is 14.1. The van der Waals surface area contributed by atoms with Gasteiger partial charge in [0.05, 0.1) is 0 Å². The predicted molar refractivity (Wildman–Crippen MR) is 69.2 cm³/mol. The Kier molecular flexibility index (Phi) is 7.71. The minimum absolute atomic E-state index is 0.168. The molecule has 1 heterocycles. The zero-order valence-electron chi connectivity index (χ0n) is 11.6. The second kappa shape index (κ2) is 8.76. The van der Waals surface area contributed by atoms with Crippen molar-refractivity contribution in [2.45, 2.75) is 44.8 Å². The third-order valence-electron chi connectivity index (χ3n) is 3.29. The van der Waals surface area contributed by atoms with Gasteiger partial charge in [0.25, 0.3) is 0 Å². The number of ether oxygens (including phenoxy) is 1. The molecule has 0 spiro atoms. The molecule has 6 heteroatoms. The first-order valence-corrected chi connectivity index (χ1v) is 7.11. The summed E-state index contributed by atoms with van der Waals surface area (Å²) in [5.41, 5.74) is 0. The first kappa shape index (κ1) is 16.7. The summed E-state index contributed by atoms with van der Waals surface area (Å²) in [6.07, 6.45) is -0.133. The number of alkyl halides is 3. The summed E-state index contributed by atoms with van der Waals surface area (Å²) in [5.74, 6) is 0. The van der Waals surface area contributed by atoms with Crippen LogP contribution in [0.15, 0.2) is 0 Å². The van der Waals surface area contributed by atoms with Gasteiger partial charge in [-0.25, -0.2) is 0 Å². The molecule has 0 aromatic rings. The Morgan fingerprint density at radius 1 is 1.26 bits per heavy atom. The van der Waals surface area contributed by atoms with Gasteiger partial charge in [-0.2, -0.15) is 13.2 Å². The van der Waals surface area contributed by atoms with E-state index in [1.807, 2.05) is 0 Å². The maximum atomic E-state index is 11.8. The lowest BCUT2D eigenvalue weighted by Crippen LogP contribution is -2.43. The van der Waals surface area contributed by atoms with Gasteiger partial charge in [0, 0.05) is 12.6 Å². The SMILES string of the molecule is CCCN1CCC(NCCCOCC(F)(F)F)CC1. The average molecular weight is 282 g/mol. The van der Waals surface area contributed by atoms with Crippen LogP contribution in [0.25, 0.3) is 0 Å². The van der Waals surface area contributed by atoms with Gasteiger partial charge in [0.2, 0.25) is 0 Å². The Morgan fingerprint density at radius 2 is 1.95 bits per heavy atom. The van der Waals surface area contributed by atoms with E-state index in [0.717, 1.165) is 39.0 Å². The fraction of sp³-hybridized carbons (Fsp3) is 1.00. The molecule has 0 saturated carbocycles. The Labute approximate surface area is 113 Å². The van der Waals surface area contributed by atoms with Crippen molar-refractivity contribution in [1.82, 2.24) is 10.2 Å². The van der Waals surface area contributed by atoms with E-state index >= 15 is 0 Å². The number of halogens is 3. The molecule has 0 atom stereocenters. The van der Waals surface area contributed by atoms with E-state index in [0.29, 0.717) is 12.5 Å². The highest BCUT2D eigenvalue weighted by Crippen LogP contribution is 2.14. The maximum absolute atomic E-state index is 11.8. The third kappa shape index (κ3) is 8.44. The highest BCUT2D eigenvalue weighted by molar-refractivity contribution is 4.76. The van der Waals surface area contributed by atoms with Crippen molar-refractivity contribution < 1.29 is 17.9 Å². The molecule has 19 heavy (non-hydrogen) atoms. The van der Waals surface area contributed by atoms with Crippen LogP contribution in [0.2, 0.25) is 0 Å². The molecular weight excluding hydrogens is 257 g/mol. The quantitative estimate of drug-likeness (QED) is 0.692. The van der Waals surface area contributed by atoms with Crippen LogP contribution in [-0.2, 0) is 4.74 Å². The second-order valence-corrected chi connectivity index (χ2v) is 5.09. The molecule has 1 fully saturated rings. The molecule has 0 amide bonds. The smallest absolute Gasteiger partial charge is 0.372 e. The summed E-state index contributed by atoms with van der Waals surface area (Å²) >= 11 is 0. The number of rotatable bonds is 8. The van der Waals surface area contributed by atoms with E-state index in [1.165, 1.54) is 6.42 Å². The van der Waals surface area contributed by atoms with Crippen molar-refractivity contribution >= 4 is 0 Å². The van der Waals surface area contributed by atoms with Crippen molar-refractivity contribution in [1.29, 1.82) is 0 Å². The first-order valence-electron chi connectivity index (χ1n) is 7.11. The number of nitrogens with one attached hydrogen (secondary N) is 1. The van der Waals surface area contributed by atoms with E-state index in [1.54, 1.807) is 0 Å². The number of hydrogen-bond donors (Lipinski definition) is 1. The van der Waals surface area contributed by atoms with Gasteiger partial charge in [0.1, 0.15) is 6.61 Å². The number of likely N-dealkylation sites (tertiary alicyclic amines) is 1. The Bertz CT molecular complexity index is 228. The average Bonchev–Trinajstić information content (AvgIpc) is 2.35. The molecule has 0 radical (unpaired) electrons. The molecule has 0 bridgehead atoms. The predicted octanol–water partition coefficient (Wildman–Crippen LogP) is 2.42. The number of hydrogen-bond acceptors (Lipinski definition) is 3. The lowest BCUT2D eigenvalue weighted by molar-refractivity contribution is -0.173. The highest BCUT2D eigenvalue weighted by atomic mass is 19.4. The van der Waals surface area contributed by atoms with Crippen LogP contribution in [0.3, 0.4) is 0 Å². The fourth-order valence-electron chi connectivity index (χ4n) is 2.35. The minimum Gasteiger partial charge on any atom is -0.372 e. The normalized spacial score (nSPS) is 18.9. The van der Waals surface area contributed by atoms with Crippen LogP contribution < -0.4 is 5.32 Å². The zero-order valence-corrected chi connectivity index (χ0v) is 11.6. The molecule has 0 aromatic carbocycles. The number of piperidine rings is 1. The Hall–Kier alpha value is -0.330. The van der Waals surface area contributed by atoms with Crippen LogP contribution in [-0.4, -0.2) is 56.5 Å². The summed E-state index contributed by atoms with van der Waals surface area (Å²) in [5, 5.41) is 3.39. The van der Waals surface area contributed by atoms with Crippen molar-refractivity contribution in [3.63, 3.8) is 0 Å². The summed E-state index contributed by atoms with van der Waals surface area (Å²) < 4.78 is 40.0. The van der Waals surface area contributed by atoms with Crippen LogP contribution in [0.1, 0.15) is 32.6 Å². The standard InChI is InChI=1S/C13H25F3N2O/c1-2-7-18-8-4-12(5-9-18)17-6-3-10-19-11-13(14,15)16/h12,17H,2-11H2,1H3. The Balaban J connectivity index is 1.94. The molecule has 0 aliphatic carbocycles. The van der Waals surface area contributed by atoms with Gasteiger partial charge in [0.15, 0.2) is 0 Å². The second-order valence-electron chi connectivity index (χ2n) is 5.09. The van der Waals surface area contributed by atoms with Gasteiger partial charge in [-0.15, -0.1) is 0 Å². The first-order chi connectivity index (χ1) is 9.01. The summed E-state index contributed by atoms with van der Waals surface area (Å²) in [6.45, 7) is 5.36. The lowest BCUT2D eigenvalue weighted by atomic mass is 10.0. The van der Waals surface area contributed by atoms with Crippen molar-refractivity contribution in [3.05, 3.63) is 0 Å². The summed E-state index contributed by atoms with van der Waals surface area (Å²) in [7, 11) is 0. The van der Waals surface area contributed by atoms with Gasteiger partial charge in [-0.1, -0.05) is 6.92 Å². The maximum Gasteiger partial charge on any atom is 0.411 e. The van der Waals surface area contributed by atoms with Gasteiger partial charge in [-0.05, 0) is 51.9 Å². The van der Waals surface area contributed by atoms with E-state index < -0.39 is 12.8 Å². The van der Waals surface area contributed by atoms with Gasteiger partial charge < -0.3 is 15.0 Å². The molecule has 1 aliphatic heterocycles. The van der Waals surface area contributed by atoms with Crippen LogP contribution in [0.5, 0.6) is 0 Å². The topological polar surface area (TPSA) is 24.5 Å². The monoisotopic (exact) mass is 282 g/mol. The van der Waals surface area contributed by atoms with Gasteiger partial charge >= 0.3 is 6.18 Å². The summed E-state index contributed by atoms with van der Waals surface area (Å²) in [6, 6.07) is 0.510. The third-order valence-corrected chi connectivity index (χ3v) is 3.29. The molecular formula is C13H25F3N2O. The molecule has 0 aromatic heterocycles. The molecule has 0 unspecified atom stereocenters. The van der Waals surface area contributed by atoms with Crippen molar-refractivity contribution in [2.75, 3.05) is 39.4 Å². The van der Waals surface area contributed by atoms with E-state index in [-0.39, 0.29) is 6.61 Å². The minimum atomic E-state index is -4.21. The van der Waals surface area contributed by atoms with E-state index in [2.05, 4.69) is 21.9 Å². The van der Waals surface area contributed by atoms with Crippen LogP contribution in [0.4, 0.5) is 13.2 Å². The molecule has 1 N–H and O–H groups in total. The van der Waals surface area contributed by atoms with E-state index in [4.69, 9.17) is 0 Å². The largest absolute Gasteiger partial charge is 0.411 e. The van der Waals surface area contributed by atoms with Crippen molar-refractivity contribution in [3.8, 4) is 0 Å². The fourth-order valence-corrected chi connectivity index (χ4v) is 2.35. The van der Waals surface area contributed by atoms with E-state index in [9.17, 15) is 13.2 Å². The molecule has 1 saturated heterocycles. The molecule has 1 rings (SSSR count). The highest BCUT2D eigenvalue weighted by Gasteiger charge is 2.27.